The molecule has 0 atom stereocenters. The second-order valence-corrected chi connectivity index (χ2v) is 6.52. The first-order chi connectivity index (χ1) is 10.7. The van der Waals surface area contributed by atoms with Crippen LogP contribution in [-0.4, -0.2) is 48.8 Å². The number of amides is 1. The fourth-order valence-corrected chi connectivity index (χ4v) is 2.19. The van der Waals surface area contributed by atoms with Crippen LogP contribution >= 0.6 is 0 Å². The second-order valence-electron chi connectivity index (χ2n) is 6.52. The Bertz CT molecular complexity index is 604. The number of carbonyl (C=O) groups excluding carboxylic acids is 2. The van der Waals surface area contributed by atoms with Crippen LogP contribution < -0.4 is 11.1 Å². The normalized spacial score (nSPS) is 14.9. The van der Waals surface area contributed by atoms with Crippen molar-refractivity contribution in [1.82, 2.24) is 4.90 Å². The molecule has 0 spiro atoms. The van der Waals surface area contributed by atoms with Crippen molar-refractivity contribution >= 4 is 23.4 Å². The Morgan fingerprint density at radius 3 is 2.52 bits per heavy atom. The predicted octanol–water partition coefficient (Wildman–Crippen LogP) is 2.09. The third-order valence-electron chi connectivity index (χ3n) is 3.37. The molecule has 7 heteroatoms. The Morgan fingerprint density at radius 2 is 1.96 bits per heavy atom. The summed E-state index contributed by atoms with van der Waals surface area (Å²) in [5.41, 5.74) is 7.02. The molecule has 1 aliphatic heterocycles. The largest absolute Gasteiger partial charge is 0.465 e. The van der Waals surface area contributed by atoms with E-state index < -0.39 is 11.6 Å². The van der Waals surface area contributed by atoms with Gasteiger partial charge in [-0.3, -0.25) is 0 Å². The fraction of sp³-hybridized carbons (Fsp3) is 0.500. The lowest BCUT2D eigenvalue weighted by Crippen LogP contribution is -2.58. The van der Waals surface area contributed by atoms with Crippen molar-refractivity contribution in [2.24, 2.45) is 0 Å². The monoisotopic (exact) mass is 321 g/mol. The van der Waals surface area contributed by atoms with Crippen molar-refractivity contribution in [3.05, 3.63) is 23.8 Å². The summed E-state index contributed by atoms with van der Waals surface area (Å²) in [6.07, 6.45) is -0.327. The van der Waals surface area contributed by atoms with E-state index in [0.29, 0.717) is 30.0 Å². The number of nitrogens with one attached hydrogen (secondary N) is 1. The van der Waals surface area contributed by atoms with Gasteiger partial charge in [-0.05, 0) is 39.0 Å². The Balaban J connectivity index is 1.93. The van der Waals surface area contributed by atoms with Crippen molar-refractivity contribution in [2.75, 3.05) is 31.2 Å². The molecule has 0 saturated carbocycles. The first-order valence-corrected chi connectivity index (χ1v) is 7.42. The van der Waals surface area contributed by atoms with E-state index in [0.717, 1.165) is 0 Å². The summed E-state index contributed by atoms with van der Waals surface area (Å²) in [6, 6.07) is 4.98. The fourth-order valence-electron chi connectivity index (χ4n) is 2.19. The van der Waals surface area contributed by atoms with Gasteiger partial charge in [0, 0.05) is 13.1 Å². The lowest BCUT2D eigenvalue weighted by Gasteiger charge is -2.40. The van der Waals surface area contributed by atoms with Crippen molar-refractivity contribution in [3.8, 4) is 0 Å². The van der Waals surface area contributed by atoms with Crippen LogP contribution in [-0.2, 0) is 9.47 Å². The molecule has 2 rings (SSSR count). The molecule has 7 nitrogen and oxygen atoms in total. The van der Waals surface area contributed by atoms with E-state index >= 15 is 0 Å². The zero-order valence-electron chi connectivity index (χ0n) is 13.9. The SMILES string of the molecule is COC(=O)c1ccc(N)c(NC2CN(C(=O)OC(C)(C)C)C2)c1. The van der Waals surface area contributed by atoms with Crippen LogP contribution in [0.15, 0.2) is 18.2 Å². The van der Waals surface area contributed by atoms with Crippen LogP contribution in [0, 0.1) is 0 Å². The average Bonchev–Trinajstić information content (AvgIpc) is 2.41. The Morgan fingerprint density at radius 1 is 1.30 bits per heavy atom. The van der Waals surface area contributed by atoms with Crippen LogP contribution in [0.3, 0.4) is 0 Å². The summed E-state index contributed by atoms with van der Waals surface area (Å²) < 4.78 is 10.00. The van der Waals surface area contributed by atoms with Gasteiger partial charge in [-0.15, -0.1) is 0 Å². The van der Waals surface area contributed by atoms with E-state index in [2.05, 4.69) is 5.32 Å². The van der Waals surface area contributed by atoms with Gasteiger partial charge in [0.05, 0.1) is 30.1 Å². The molecule has 1 aromatic rings. The number of carbonyl (C=O) groups is 2. The van der Waals surface area contributed by atoms with Gasteiger partial charge in [-0.1, -0.05) is 0 Å². The quantitative estimate of drug-likeness (QED) is 0.654. The zero-order valence-corrected chi connectivity index (χ0v) is 13.9. The maximum Gasteiger partial charge on any atom is 0.410 e. The number of hydrogen-bond donors (Lipinski definition) is 2. The number of benzene rings is 1. The molecule has 1 aliphatic rings. The van der Waals surface area contributed by atoms with Crippen LogP contribution in [0.25, 0.3) is 0 Å². The van der Waals surface area contributed by atoms with E-state index in [1.54, 1.807) is 23.1 Å². The van der Waals surface area contributed by atoms with Crippen LogP contribution in [0.5, 0.6) is 0 Å². The van der Waals surface area contributed by atoms with Gasteiger partial charge in [0.25, 0.3) is 0 Å². The van der Waals surface area contributed by atoms with E-state index in [-0.39, 0.29) is 12.1 Å². The molecule has 0 radical (unpaired) electrons. The van der Waals surface area contributed by atoms with Crippen LogP contribution in [0.2, 0.25) is 0 Å². The number of ether oxygens (including phenoxy) is 2. The molecule has 23 heavy (non-hydrogen) atoms. The molecule has 0 aromatic heterocycles. The van der Waals surface area contributed by atoms with Gasteiger partial charge in [0.1, 0.15) is 5.60 Å². The summed E-state index contributed by atoms with van der Waals surface area (Å²) in [4.78, 5) is 25.1. The number of nitrogens with two attached hydrogens (primary N) is 1. The van der Waals surface area contributed by atoms with Crippen molar-refractivity contribution in [2.45, 2.75) is 32.4 Å². The minimum absolute atomic E-state index is 0.0673. The number of nitrogens with zero attached hydrogens (tertiary/aromatic N) is 1. The smallest absolute Gasteiger partial charge is 0.410 e. The highest BCUT2D eigenvalue weighted by Gasteiger charge is 2.33. The predicted molar refractivity (Wildman–Crippen MR) is 87.4 cm³/mol. The highest BCUT2D eigenvalue weighted by atomic mass is 16.6. The molecule has 1 amide bonds. The Labute approximate surface area is 135 Å². The molecule has 3 N–H and O–H groups in total. The minimum Gasteiger partial charge on any atom is -0.465 e. The maximum atomic E-state index is 11.9. The van der Waals surface area contributed by atoms with Crippen molar-refractivity contribution in [3.63, 3.8) is 0 Å². The zero-order chi connectivity index (χ0) is 17.2. The van der Waals surface area contributed by atoms with E-state index in [4.69, 9.17) is 15.2 Å². The molecule has 1 aromatic carbocycles. The number of anilines is 2. The van der Waals surface area contributed by atoms with Gasteiger partial charge in [-0.2, -0.15) is 0 Å². The number of rotatable bonds is 3. The summed E-state index contributed by atoms with van der Waals surface area (Å²) >= 11 is 0. The minimum atomic E-state index is -0.505. The standard InChI is InChI=1S/C16H23N3O4/c1-16(2,3)23-15(21)19-8-11(9-19)18-13-7-10(14(20)22-4)5-6-12(13)17/h5-7,11,18H,8-9,17H2,1-4H3. The first kappa shape index (κ1) is 16.9. The summed E-state index contributed by atoms with van der Waals surface area (Å²) in [6.45, 7) is 6.55. The number of likely N-dealkylation sites (tertiary alicyclic amines) is 1. The third-order valence-corrected chi connectivity index (χ3v) is 3.37. The topological polar surface area (TPSA) is 93.9 Å². The number of methoxy groups -OCH3 is 1. The van der Waals surface area contributed by atoms with Crippen LogP contribution in [0.4, 0.5) is 16.2 Å². The molecule has 126 valence electrons. The molecule has 0 unspecified atom stereocenters. The lowest BCUT2D eigenvalue weighted by molar-refractivity contribution is 0.0105. The lowest BCUT2D eigenvalue weighted by atomic mass is 10.1. The molecule has 0 bridgehead atoms. The van der Waals surface area contributed by atoms with Gasteiger partial charge in [-0.25, -0.2) is 9.59 Å². The summed E-state index contributed by atoms with van der Waals surface area (Å²) in [7, 11) is 1.33. The van der Waals surface area contributed by atoms with Gasteiger partial charge < -0.3 is 25.4 Å². The first-order valence-electron chi connectivity index (χ1n) is 7.42. The molecule has 1 heterocycles. The van der Waals surface area contributed by atoms with Gasteiger partial charge >= 0.3 is 12.1 Å². The van der Waals surface area contributed by atoms with E-state index in [1.807, 2.05) is 20.8 Å². The summed E-state index contributed by atoms with van der Waals surface area (Å²) in [5.74, 6) is -0.419. The van der Waals surface area contributed by atoms with Gasteiger partial charge in [0.2, 0.25) is 0 Å². The van der Waals surface area contributed by atoms with E-state index in [1.165, 1.54) is 7.11 Å². The Kier molecular flexibility index (Phi) is 4.68. The number of hydrogen-bond acceptors (Lipinski definition) is 6. The highest BCUT2D eigenvalue weighted by molar-refractivity contribution is 5.92. The van der Waals surface area contributed by atoms with E-state index in [9.17, 15) is 9.59 Å². The third kappa shape index (κ3) is 4.28. The molecular weight excluding hydrogens is 298 g/mol. The summed E-state index contributed by atoms with van der Waals surface area (Å²) in [5, 5.41) is 3.23. The Hall–Kier alpha value is -2.44. The number of esters is 1. The molecule has 1 saturated heterocycles. The van der Waals surface area contributed by atoms with Crippen molar-refractivity contribution < 1.29 is 19.1 Å². The second kappa shape index (κ2) is 6.36. The molecular formula is C16H23N3O4. The average molecular weight is 321 g/mol. The highest BCUT2D eigenvalue weighted by Crippen LogP contribution is 2.24. The van der Waals surface area contributed by atoms with Crippen molar-refractivity contribution in [1.29, 1.82) is 0 Å². The number of nitrogen functional groups attached to an aromatic ring is 1. The van der Waals surface area contributed by atoms with Crippen LogP contribution in [0.1, 0.15) is 31.1 Å². The molecule has 0 aliphatic carbocycles. The molecule has 1 fully saturated rings. The maximum absolute atomic E-state index is 11.9. The van der Waals surface area contributed by atoms with Gasteiger partial charge in [0.15, 0.2) is 0 Å².